The minimum Gasteiger partial charge on any atom is -0.363 e. The van der Waals surface area contributed by atoms with Crippen LogP contribution in [0.5, 0.6) is 0 Å². The van der Waals surface area contributed by atoms with Crippen LogP contribution in [0.4, 0.5) is 0 Å². The first-order valence-corrected chi connectivity index (χ1v) is 9.52. The second-order valence-electron chi connectivity index (χ2n) is 7.40. The smallest absolute Gasteiger partial charge is 0.287 e. The van der Waals surface area contributed by atoms with Gasteiger partial charge in [-0.15, -0.1) is 0 Å². The van der Waals surface area contributed by atoms with Crippen LogP contribution < -0.4 is 16.8 Å². The topological polar surface area (TPSA) is 136 Å². The average molecular weight is 366 g/mol. The molecule has 3 amide bonds. The lowest BCUT2D eigenvalue weighted by Crippen LogP contribution is -2.55. The van der Waals surface area contributed by atoms with Crippen molar-refractivity contribution in [2.24, 2.45) is 23.3 Å². The molecule has 0 spiro atoms. The summed E-state index contributed by atoms with van der Waals surface area (Å²) in [6.45, 7) is 2.35. The molecule has 1 aliphatic heterocycles. The number of hydrogen-bond donors (Lipinski definition) is 3. The Kier molecular flexibility index (Phi) is 7.14. The molecule has 8 nitrogen and oxygen atoms in total. The van der Waals surface area contributed by atoms with E-state index in [9.17, 15) is 19.2 Å². The summed E-state index contributed by atoms with van der Waals surface area (Å²) in [5, 5.41) is 2.71. The van der Waals surface area contributed by atoms with E-state index in [1.807, 2.05) is 6.92 Å². The van der Waals surface area contributed by atoms with Crippen LogP contribution in [0.15, 0.2) is 0 Å². The van der Waals surface area contributed by atoms with Crippen molar-refractivity contribution >= 4 is 23.5 Å². The Labute approximate surface area is 154 Å². The van der Waals surface area contributed by atoms with Gasteiger partial charge in [-0.1, -0.05) is 32.6 Å². The summed E-state index contributed by atoms with van der Waals surface area (Å²) in [7, 11) is 0. The number of primary amides is 1. The van der Waals surface area contributed by atoms with Gasteiger partial charge in [0.1, 0.15) is 6.04 Å². The largest absolute Gasteiger partial charge is 0.363 e. The van der Waals surface area contributed by atoms with Crippen LogP contribution in [0.2, 0.25) is 0 Å². The molecule has 1 aliphatic carbocycles. The number of ketones is 1. The summed E-state index contributed by atoms with van der Waals surface area (Å²) < 4.78 is 0. The van der Waals surface area contributed by atoms with E-state index in [-0.39, 0.29) is 24.3 Å². The molecule has 5 N–H and O–H groups in total. The predicted octanol–water partition coefficient (Wildman–Crippen LogP) is -0.308. The second kappa shape index (κ2) is 9.12. The van der Waals surface area contributed by atoms with Crippen molar-refractivity contribution in [1.29, 1.82) is 0 Å². The van der Waals surface area contributed by atoms with Gasteiger partial charge in [0.15, 0.2) is 0 Å². The third-order valence-corrected chi connectivity index (χ3v) is 5.62. The lowest BCUT2D eigenvalue weighted by Gasteiger charge is -2.32. The monoisotopic (exact) mass is 366 g/mol. The van der Waals surface area contributed by atoms with Crippen LogP contribution in [0.1, 0.15) is 51.9 Å². The maximum atomic E-state index is 12.9. The number of Topliss-reactive ketones (excluding diaryl/α,β-unsaturated/α-hetero) is 1. The standard InChI is InChI=1S/C18H30N4O4/c1-2-4-12-7-8-22(14(23)10-19)15(12)18(26)21-13(16(24)17(20)25)9-11-5-3-6-11/h11-13,15H,2-10,19H2,1H3,(H2,20,25)(H,21,26)/t12-,13?,15?/m0/s1. The first kappa shape index (κ1) is 20.4. The van der Waals surface area contributed by atoms with Gasteiger partial charge in [-0.25, -0.2) is 0 Å². The van der Waals surface area contributed by atoms with Crippen LogP contribution in [0, 0.1) is 11.8 Å². The highest BCUT2D eigenvalue weighted by molar-refractivity contribution is 6.37. The summed E-state index contributed by atoms with van der Waals surface area (Å²) in [6, 6.07) is -1.56. The Morgan fingerprint density at radius 1 is 1.19 bits per heavy atom. The highest BCUT2D eigenvalue weighted by Gasteiger charge is 2.42. The van der Waals surface area contributed by atoms with Crippen molar-refractivity contribution < 1.29 is 19.2 Å². The highest BCUT2D eigenvalue weighted by atomic mass is 16.2. The number of hydrogen-bond acceptors (Lipinski definition) is 5. The molecule has 1 saturated heterocycles. The SMILES string of the molecule is CCC[C@H]1CCN(C(=O)CN)C1C(=O)NC(CC1CCC1)C(=O)C(N)=O. The van der Waals surface area contributed by atoms with E-state index in [1.54, 1.807) is 0 Å². The molecule has 3 atom stereocenters. The molecular formula is C18H30N4O4. The minimum absolute atomic E-state index is 0.0310. The normalized spacial score (nSPS) is 24.0. The van der Waals surface area contributed by atoms with E-state index >= 15 is 0 Å². The average Bonchev–Trinajstić information content (AvgIpc) is 2.99. The van der Waals surface area contributed by atoms with Crippen LogP contribution in [-0.2, 0) is 19.2 Å². The van der Waals surface area contributed by atoms with E-state index in [2.05, 4.69) is 5.32 Å². The van der Waals surface area contributed by atoms with Gasteiger partial charge in [0.25, 0.3) is 5.91 Å². The second-order valence-corrected chi connectivity index (χ2v) is 7.40. The quantitative estimate of drug-likeness (QED) is 0.481. The fourth-order valence-corrected chi connectivity index (χ4v) is 4.00. The molecule has 1 heterocycles. The zero-order valence-electron chi connectivity index (χ0n) is 15.4. The molecule has 1 saturated carbocycles. The maximum absolute atomic E-state index is 12.9. The van der Waals surface area contributed by atoms with Gasteiger partial charge < -0.3 is 21.7 Å². The molecule has 0 aromatic rings. The van der Waals surface area contributed by atoms with Gasteiger partial charge in [0.05, 0.1) is 12.6 Å². The summed E-state index contributed by atoms with van der Waals surface area (Å²) in [5.74, 6) is -2.13. The first-order chi connectivity index (χ1) is 12.4. The van der Waals surface area contributed by atoms with Crippen molar-refractivity contribution in [3.8, 4) is 0 Å². The van der Waals surface area contributed by atoms with E-state index < -0.39 is 23.8 Å². The van der Waals surface area contributed by atoms with Gasteiger partial charge >= 0.3 is 0 Å². The first-order valence-electron chi connectivity index (χ1n) is 9.52. The van der Waals surface area contributed by atoms with Gasteiger partial charge in [-0.05, 0) is 31.1 Å². The Balaban J connectivity index is 2.13. The third-order valence-electron chi connectivity index (χ3n) is 5.62. The van der Waals surface area contributed by atoms with Crippen molar-refractivity contribution in [1.82, 2.24) is 10.2 Å². The molecule has 26 heavy (non-hydrogen) atoms. The van der Waals surface area contributed by atoms with Crippen molar-refractivity contribution in [2.45, 2.75) is 64.0 Å². The maximum Gasteiger partial charge on any atom is 0.287 e. The summed E-state index contributed by atoms with van der Waals surface area (Å²) in [4.78, 5) is 50.1. The molecule has 0 bridgehead atoms. The van der Waals surface area contributed by atoms with E-state index in [0.29, 0.717) is 18.9 Å². The van der Waals surface area contributed by atoms with Crippen LogP contribution in [-0.4, -0.2) is 53.6 Å². The van der Waals surface area contributed by atoms with Crippen LogP contribution >= 0.6 is 0 Å². The molecular weight excluding hydrogens is 336 g/mol. The van der Waals surface area contributed by atoms with Crippen LogP contribution in [0.25, 0.3) is 0 Å². The zero-order chi connectivity index (χ0) is 19.3. The van der Waals surface area contributed by atoms with Gasteiger partial charge in [0, 0.05) is 6.54 Å². The molecule has 0 aromatic heterocycles. The number of nitrogens with two attached hydrogens (primary N) is 2. The molecule has 2 aliphatic rings. The molecule has 0 aromatic carbocycles. The zero-order valence-corrected chi connectivity index (χ0v) is 15.4. The number of carbonyl (C=O) groups excluding carboxylic acids is 4. The summed E-state index contributed by atoms with van der Waals surface area (Å²) in [5.41, 5.74) is 10.6. The van der Waals surface area contributed by atoms with Gasteiger partial charge in [-0.2, -0.15) is 0 Å². The molecule has 146 valence electrons. The Morgan fingerprint density at radius 3 is 2.38 bits per heavy atom. The fraction of sp³-hybridized carbons (Fsp3) is 0.778. The highest BCUT2D eigenvalue weighted by Crippen LogP contribution is 2.32. The molecule has 2 fully saturated rings. The fourth-order valence-electron chi connectivity index (χ4n) is 4.00. The number of nitrogens with one attached hydrogen (secondary N) is 1. The predicted molar refractivity (Wildman–Crippen MR) is 95.7 cm³/mol. The number of rotatable bonds is 9. The number of nitrogens with zero attached hydrogens (tertiary/aromatic N) is 1. The summed E-state index contributed by atoms with van der Waals surface area (Å²) in [6.07, 6.45) is 5.92. The molecule has 2 unspecified atom stereocenters. The summed E-state index contributed by atoms with van der Waals surface area (Å²) >= 11 is 0. The van der Waals surface area contributed by atoms with Gasteiger partial charge in [-0.3, -0.25) is 19.2 Å². The van der Waals surface area contributed by atoms with Crippen LogP contribution in [0.3, 0.4) is 0 Å². The Bertz CT molecular complexity index is 561. The Morgan fingerprint density at radius 2 is 1.88 bits per heavy atom. The molecule has 2 rings (SSSR count). The van der Waals surface area contributed by atoms with Crippen molar-refractivity contribution in [3.05, 3.63) is 0 Å². The van der Waals surface area contributed by atoms with E-state index in [4.69, 9.17) is 11.5 Å². The van der Waals surface area contributed by atoms with Crippen molar-refractivity contribution in [2.75, 3.05) is 13.1 Å². The van der Waals surface area contributed by atoms with Crippen molar-refractivity contribution in [3.63, 3.8) is 0 Å². The lowest BCUT2D eigenvalue weighted by atomic mass is 9.80. The van der Waals surface area contributed by atoms with E-state index in [1.165, 1.54) is 4.90 Å². The number of carbonyl (C=O) groups is 4. The molecule has 0 radical (unpaired) electrons. The molecule has 8 heteroatoms. The van der Waals surface area contributed by atoms with E-state index in [0.717, 1.165) is 38.5 Å². The van der Waals surface area contributed by atoms with Gasteiger partial charge in [0.2, 0.25) is 17.6 Å². The lowest BCUT2D eigenvalue weighted by molar-refractivity contribution is -0.142. The third kappa shape index (κ3) is 4.60. The minimum atomic E-state index is -1.04. The Hall–Kier alpha value is -1.96. The number of amides is 3. The number of likely N-dealkylation sites (tertiary alicyclic amines) is 1.